The fourth-order valence-electron chi connectivity index (χ4n) is 1.42. The lowest BCUT2D eigenvalue weighted by Crippen LogP contribution is -2.13. The molecule has 0 spiro atoms. The van der Waals surface area contributed by atoms with Crippen LogP contribution < -0.4 is 5.32 Å². The fraction of sp³-hybridized carbons (Fsp3) is 0.250. The third kappa shape index (κ3) is 2.67. The minimum atomic E-state index is 0.824. The van der Waals surface area contributed by atoms with Crippen molar-refractivity contribution in [3.05, 3.63) is 53.7 Å². The molecule has 0 aromatic carbocycles. The monoisotopic (exact) mass is 202 g/mol. The van der Waals surface area contributed by atoms with Gasteiger partial charge in [-0.3, -0.25) is 4.98 Å². The van der Waals surface area contributed by atoms with Crippen LogP contribution in [0.25, 0.3) is 0 Å². The Hall–Kier alpha value is -1.61. The van der Waals surface area contributed by atoms with Crippen molar-refractivity contribution >= 4 is 0 Å². The first-order valence-corrected chi connectivity index (χ1v) is 4.97. The predicted octanol–water partition coefficient (Wildman–Crippen LogP) is 2.27. The van der Waals surface area contributed by atoms with Gasteiger partial charge in [0.1, 0.15) is 0 Å². The number of nitrogens with one attached hydrogen (secondary N) is 1. The van der Waals surface area contributed by atoms with Gasteiger partial charge in [-0.2, -0.15) is 0 Å². The first kappa shape index (κ1) is 9.93. The van der Waals surface area contributed by atoms with Gasteiger partial charge in [-0.1, -0.05) is 0 Å². The Labute approximate surface area is 89.1 Å². The number of hydrogen-bond acceptors (Lipinski definition) is 3. The number of pyridine rings is 1. The largest absolute Gasteiger partial charge is 0.472 e. The van der Waals surface area contributed by atoms with Crippen molar-refractivity contribution in [3.8, 4) is 0 Å². The molecule has 0 unspecified atom stereocenters. The second-order valence-electron chi connectivity index (χ2n) is 3.54. The number of furan rings is 1. The molecule has 0 fully saturated rings. The van der Waals surface area contributed by atoms with E-state index in [-0.39, 0.29) is 0 Å². The van der Waals surface area contributed by atoms with E-state index < -0.39 is 0 Å². The van der Waals surface area contributed by atoms with Gasteiger partial charge in [-0.25, -0.2) is 0 Å². The van der Waals surface area contributed by atoms with E-state index in [9.17, 15) is 0 Å². The Morgan fingerprint density at radius 2 is 2.27 bits per heavy atom. The highest BCUT2D eigenvalue weighted by Crippen LogP contribution is 2.05. The quantitative estimate of drug-likeness (QED) is 0.826. The van der Waals surface area contributed by atoms with Crippen molar-refractivity contribution in [2.24, 2.45) is 0 Å². The molecule has 1 N–H and O–H groups in total. The molecule has 15 heavy (non-hydrogen) atoms. The summed E-state index contributed by atoms with van der Waals surface area (Å²) in [4.78, 5) is 4.10. The SMILES string of the molecule is Cc1ccncc1CNCc1ccoc1. The van der Waals surface area contributed by atoms with E-state index >= 15 is 0 Å². The van der Waals surface area contributed by atoms with Crippen LogP contribution >= 0.6 is 0 Å². The van der Waals surface area contributed by atoms with Gasteiger partial charge in [0.05, 0.1) is 12.5 Å². The highest BCUT2D eigenvalue weighted by atomic mass is 16.3. The first-order valence-electron chi connectivity index (χ1n) is 4.97. The Kier molecular flexibility index (Phi) is 3.15. The summed E-state index contributed by atoms with van der Waals surface area (Å²) in [6.45, 7) is 3.76. The molecular formula is C12H14N2O. The Morgan fingerprint density at radius 1 is 1.33 bits per heavy atom. The van der Waals surface area contributed by atoms with E-state index in [0.29, 0.717) is 0 Å². The number of aryl methyl sites for hydroxylation is 1. The van der Waals surface area contributed by atoms with Gasteiger partial charge < -0.3 is 9.73 Å². The summed E-state index contributed by atoms with van der Waals surface area (Å²) in [6, 6.07) is 3.98. The molecule has 0 amide bonds. The zero-order valence-corrected chi connectivity index (χ0v) is 8.73. The summed E-state index contributed by atoms with van der Waals surface area (Å²) in [5, 5.41) is 3.34. The molecule has 0 aliphatic rings. The molecule has 0 aliphatic carbocycles. The summed E-state index contributed by atoms with van der Waals surface area (Å²) in [5.74, 6) is 0. The maximum Gasteiger partial charge on any atom is 0.0947 e. The lowest BCUT2D eigenvalue weighted by Gasteiger charge is -2.05. The van der Waals surface area contributed by atoms with Gasteiger partial charge in [0.25, 0.3) is 0 Å². The number of rotatable bonds is 4. The number of aromatic nitrogens is 1. The van der Waals surface area contributed by atoms with Crippen LogP contribution in [0.15, 0.2) is 41.5 Å². The molecule has 0 atom stereocenters. The minimum absolute atomic E-state index is 0.824. The molecule has 2 rings (SSSR count). The van der Waals surface area contributed by atoms with Crippen LogP contribution in [0.5, 0.6) is 0 Å². The van der Waals surface area contributed by atoms with Crippen LogP contribution in [-0.4, -0.2) is 4.98 Å². The predicted molar refractivity (Wildman–Crippen MR) is 58.2 cm³/mol. The van der Waals surface area contributed by atoms with E-state index in [0.717, 1.165) is 18.7 Å². The molecule has 2 aromatic heterocycles. The van der Waals surface area contributed by atoms with Gasteiger partial charge in [0, 0.05) is 31.0 Å². The average molecular weight is 202 g/mol. The zero-order valence-electron chi connectivity index (χ0n) is 8.73. The van der Waals surface area contributed by atoms with E-state index in [1.165, 1.54) is 11.1 Å². The zero-order chi connectivity index (χ0) is 10.5. The standard InChI is InChI=1S/C12H14N2O/c1-10-2-4-13-7-12(10)8-14-6-11-3-5-15-9-11/h2-5,7,9,14H,6,8H2,1H3. The molecule has 0 radical (unpaired) electrons. The van der Waals surface area contributed by atoms with Crippen LogP contribution in [0.4, 0.5) is 0 Å². The molecule has 2 aromatic rings. The van der Waals surface area contributed by atoms with Crippen LogP contribution in [0.3, 0.4) is 0 Å². The van der Waals surface area contributed by atoms with Crippen molar-refractivity contribution in [3.63, 3.8) is 0 Å². The van der Waals surface area contributed by atoms with Crippen LogP contribution in [0, 0.1) is 6.92 Å². The van der Waals surface area contributed by atoms with Gasteiger partial charge in [0.15, 0.2) is 0 Å². The van der Waals surface area contributed by atoms with Crippen molar-refractivity contribution < 1.29 is 4.42 Å². The summed E-state index contributed by atoms with van der Waals surface area (Å²) < 4.78 is 4.99. The molecule has 3 nitrogen and oxygen atoms in total. The lowest BCUT2D eigenvalue weighted by atomic mass is 10.1. The van der Waals surface area contributed by atoms with Gasteiger partial charge in [0.2, 0.25) is 0 Å². The minimum Gasteiger partial charge on any atom is -0.472 e. The maximum absolute atomic E-state index is 4.99. The summed E-state index contributed by atoms with van der Waals surface area (Å²) in [7, 11) is 0. The Bertz CT molecular complexity index is 409. The summed E-state index contributed by atoms with van der Waals surface area (Å²) in [5.41, 5.74) is 3.67. The van der Waals surface area contributed by atoms with Crippen molar-refractivity contribution in [1.29, 1.82) is 0 Å². The highest BCUT2D eigenvalue weighted by molar-refractivity contribution is 5.21. The molecule has 0 saturated carbocycles. The summed E-state index contributed by atoms with van der Waals surface area (Å²) >= 11 is 0. The lowest BCUT2D eigenvalue weighted by molar-refractivity contribution is 0.560. The van der Waals surface area contributed by atoms with Gasteiger partial charge >= 0.3 is 0 Å². The Balaban J connectivity index is 1.86. The third-order valence-corrected chi connectivity index (χ3v) is 2.37. The summed E-state index contributed by atoms with van der Waals surface area (Å²) in [6.07, 6.45) is 7.15. The smallest absolute Gasteiger partial charge is 0.0947 e. The van der Waals surface area contributed by atoms with E-state index in [4.69, 9.17) is 4.42 Å². The molecule has 0 aliphatic heterocycles. The average Bonchev–Trinajstić information content (AvgIpc) is 2.74. The Morgan fingerprint density at radius 3 is 3.00 bits per heavy atom. The molecular weight excluding hydrogens is 188 g/mol. The third-order valence-electron chi connectivity index (χ3n) is 2.37. The van der Waals surface area contributed by atoms with E-state index in [2.05, 4.69) is 17.2 Å². The molecule has 0 bridgehead atoms. The highest BCUT2D eigenvalue weighted by Gasteiger charge is 1.98. The van der Waals surface area contributed by atoms with Gasteiger partial charge in [-0.15, -0.1) is 0 Å². The van der Waals surface area contributed by atoms with Crippen molar-refractivity contribution in [2.45, 2.75) is 20.0 Å². The van der Waals surface area contributed by atoms with Crippen LogP contribution in [-0.2, 0) is 13.1 Å². The van der Waals surface area contributed by atoms with Gasteiger partial charge in [-0.05, 0) is 30.2 Å². The molecule has 3 heteroatoms. The second-order valence-corrected chi connectivity index (χ2v) is 3.54. The van der Waals surface area contributed by atoms with E-state index in [1.807, 2.05) is 24.5 Å². The normalized spacial score (nSPS) is 10.5. The number of nitrogens with zero attached hydrogens (tertiary/aromatic N) is 1. The topological polar surface area (TPSA) is 38.1 Å². The fourth-order valence-corrected chi connectivity index (χ4v) is 1.42. The maximum atomic E-state index is 4.99. The number of hydrogen-bond donors (Lipinski definition) is 1. The van der Waals surface area contributed by atoms with Crippen molar-refractivity contribution in [2.75, 3.05) is 0 Å². The van der Waals surface area contributed by atoms with Crippen molar-refractivity contribution in [1.82, 2.24) is 10.3 Å². The van der Waals surface area contributed by atoms with Crippen LogP contribution in [0.2, 0.25) is 0 Å². The molecule has 78 valence electrons. The first-order chi connectivity index (χ1) is 7.36. The van der Waals surface area contributed by atoms with E-state index in [1.54, 1.807) is 12.5 Å². The molecule has 2 heterocycles. The second kappa shape index (κ2) is 4.75. The van der Waals surface area contributed by atoms with Crippen LogP contribution in [0.1, 0.15) is 16.7 Å². The molecule has 0 saturated heterocycles.